The fraction of sp³-hybridized carbons (Fsp3) is 0.951. The van der Waals surface area contributed by atoms with Crippen LogP contribution in [0.1, 0.15) is 433 Å². The Morgan fingerprint density at radius 2 is 0.455 bits per heavy atom. The van der Waals surface area contributed by atoms with Crippen molar-refractivity contribution >= 4 is 39.5 Å². The van der Waals surface area contributed by atoms with E-state index < -0.39 is 97.5 Å². The van der Waals surface area contributed by atoms with Gasteiger partial charge < -0.3 is 33.8 Å². The summed E-state index contributed by atoms with van der Waals surface area (Å²) < 4.78 is 68.8. The van der Waals surface area contributed by atoms with Crippen molar-refractivity contribution in [2.75, 3.05) is 39.6 Å². The summed E-state index contributed by atoms with van der Waals surface area (Å²) in [5.74, 6) is -0.604. The maximum absolute atomic E-state index is 13.1. The van der Waals surface area contributed by atoms with E-state index in [1.165, 1.54) is 250 Å². The zero-order chi connectivity index (χ0) is 74.2. The zero-order valence-electron chi connectivity index (χ0n) is 66.2. The van der Waals surface area contributed by atoms with Crippen molar-refractivity contribution in [3.63, 3.8) is 0 Å². The zero-order valence-corrected chi connectivity index (χ0v) is 68.0. The summed E-state index contributed by atoms with van der Waals surface area (Å²) in [6, 6.07) is 0. The van der Waals surface area contributed by atoms with E-state index in [-0.39, 0.29) is 25.7 Å². The third kappa shape index (κ3) is 76.1. The molecule has 17 nitrogen and oxygen atoms in total. The largest absolute Gasteiger partial charge is 0.472 e. The number of unbranched alkanes of at least 4 members (excludes halogenated alkanes) is 51. The Bertz CT molecular complexity index is 1940. The molecule has 0 aromatic heterocycles. The number of rotatable bonds is 81. The van der Waals surface area contributed by atoms with Crippen LogP contribution in [0.3, 0.4) is 0 Å². The average Bonchev–Trinajstić information content (AvgIpc) is 0.965. The second kappa shape index (κ2) is 73.6. The third-order valence-corrected chi connectivity index (χ3v) is 21.1. The van der Waals surface area contributed by atoms with Crippen LogP contribution in [0.15, 0.2) is 0 Å². The van der Waals surface area contributed by atoms with E-state index >= 15 is 0 Å². The topological polar surface area (TPSA) is 237 Å². The molecule has 0 saturated carbocycles. The predicted octanol–water partition coefficient (Wildman–Crippen LogP) is 24.7. The Balaban J connectivity index is 5.25. The molecule has 19 heteroatoms. The molecule has 0 fully saturated rings. The SMILES string of the molecule is CCCCCCCCCCCCCCCCCCCCCC(=O)O[C@H](COC(=O)CCCCCCCCCCCCCCCCCC)COP(=O)(O)OC[C@@H](O)COP(=O)(O)OC[C@@H](COC(=O)CCCCCCCCCCC(C)C)OC(=O)CCCCCCCCCCCCCCC(C)C. The molecule has 0 aliphatic rings. The second-order valence-electron chi connectivity index (χ2n) is 30.5. The van der Waals surface area contributed by atoms with E-state index in [2.05, 4.69) is 41.5 Å². The lowest BCUT2D eigenvalue weighted by atomic mass is 10.0. The Labute approximate surface area is 619 Å². The highest BCUT2D eigenvalue weighted by molar-refractivity contribution is 7.47. The summed E-state index contributed by atoms with van der Waals surface area (Å²) in [5.41, 5.74) is 0. The lowest BCUT2D eigenvalue weighted by Crippen LogP contribution is -2.30. The van der Waals surface area contributed by atoms with Crippen molar-refractivity contribution in [3.05, 3.63) is 0 Å². The van der Waals surface area contributed by atoms with Gasteiger partial charge in [-0.25, -0.2) is 9.13 Å². The standard InChI is InChI=1S/C82H160O17P2/c1-7-9-11-13-15-17-19-21-23-25-26-27-29-31-36-40-48-54-60-66-81(86)98-77(70-92-79(84)64-58-52-46-39-35-30-28-24-22-20-18-16-14-12-10-8-2)72-96-100(88,89)94-68-76(83)69-95-101(90,91)97-73-78(71-93-80(85)65-59-53-47-43-42-45-51-57-63-75(5)6)99-82(87)67-61-55-49-41-37-33-32-34-38-44-50-56-62-74(3)4/h74-78,83H,7-73H2,1-6H3,(H,88,89)(H,90,91)/t76-,77-,78-/m1/s1. The molecule has 3 N–H and O–H groups in total. The van der Waals surface area contributed by atoms with Gasteiger partial charge in [-0.15, -0.1) is 0 Å². The van der Waals surface area contributed by atoms with Crippen molar-refractivity contribution in [1.82, 2.24) is 0 Å². The third-order valence-electron chi connectivity index (χ3n) is 19.2. The van der Waals surface area contributed by atoms with E-state index in [1.807, 2.05) is 0 Å². The number of esters is 4. The van der Waals surface area contributed by atoms with Crippen LogP contribution in [-0.2, 0) is 65.4 Å². The highest BCUT2D eigenvalue weighted by Crippen LogP contribution is 2.45. The molecule has 0 rings (SSSR count). The first-order chi connectivity index (χ1) is 48.9. The molecule has 2 unspecified atom stereocenters. The van der Waals surface area contributed by atoms with Crippen molar-refractivity contribution < 1.29 is 80.2 Å². The number of ether oxygens (including phenoxy) is 4. The van der Waals surface area contributed by atoms with Gasteiger partial charge in [0.1, 0.15) is 19.3 Å². The molecule has 0 radical (unpaired) electrons. The van der Waals surface area contributed by atoms with Gasteiger partial charge in [0.25, 0.3) is 0 Å². The van der Waals surface area contributed by atoms with Gasteiger partial charge in [0.05, 0.1) is 26.4 Å². The Kier molecular flexibility index (Phi) is 72.2. The molecule has 0 aromatic carbocycles. The van der Waals surface area contributed by atoms with Crippen LogP contribution >= 0.6 is 15.6 Å². The lowest BCUT2D eigenvalue weighted by Gasteiger charge is -2.21. The average molecular weight is 1480 g/mol. The fourth-order valence-electron chi connectivity index (χ4n) is 12.7. The summed E-state index contributed by atoms with van der Waals surface area (Å²) in [6.45, 7) is 9.62. The van der Waals surface area contributed by atoms with Crippen LogP contribution in [0.25, 0.3) is 0 Å². The molecule has 5 atom stereocenters. The maximum Gasteiger partial charge on any atom is 0.472 e. The Morgan fingerprint density at radius 1 is 0.267 bits per heavy atom. The number of hydrogen-bond acceptors (Lipinski definition) is 15. The first-order valence-electron chi connectivity index (χ1n) is 42.5. The number of carbonyl (C=O) groups excluding carboxylic acids is 4. The number of hydrogen-bond donors (Lipinski definition) is 3. The Hall–Kier alpha value is -1.94. The predicted molar refractivity (Wildman–Crippen MR) is 414 cm³/mol. The molecule has 0 amide bonds. The highest BCUT2D eigenvalue weighted by Gasteiger charge is 2.30. The van der Waals surface area contributed by atoms with Gasteiger partial charge in [0, 0.05) is 25.7 Å². The van der Waals surface area contributed by atoms with Crippen molar-refractivity contribution in [2.45, 2.75) is 452 Å². The van der Waals surface area contributed by atoms with Gasteiger partial charge in [0.15, 0.2) is 12.2 Å². The smallest absolute Gasteiger partial charge is 0.462 e. The first-order valence-corrected chi connectivity index (χ1v) is 45.5. The second-order valence-corrected chi connectivity index (χ2v) is 33.4. The molecule has 0 spiro atoms. The van der Waals surface area contributed by atoms with Crippen LogP contribution in [0.2, 0.25) is 0 Å². The van der Waals surface area contributed by atoms with Crippen molar-refractivity contribution in [2.24, 2.45) is 11.8 Å². The monoisotopic (exact) mass is 1480 g/mol. The summed E-state index contributed by atoms with van der Waals surface area (Å²) in [7, 11) is -9.92. The molecule has 0 heterocycles. The summed E-state index contributed by atoms with van der Waals surface area (Å²) >= 11 is 0. The van der Waals surface area contributed by atoms with Gasteiger partial charge in [-0.1, -0.05) is 382 Å². The van der Waals surface area contributed by atoms with Gasteiger partial charge in [-0.05, 0) is 37.5 Å². The summed E-state index contributed by atoms with van der Waals surface area (Å²) in [4.78, 5) is 73.1. The maximum atomic E-state index is 13.1. The molecule has 0 aliphatic heterocycles. The van der Waals surface area contributed by atoms with Crippen LogP contribution in [0.5, 0.6) is 0 Å². The number of carbonyl (C=O) groups is 4. The molecular formula is C82H160O17P2. The number of aliphatic hydroxyl groups is 1. The van der Waals surface area contributed by atoms with Gasteiger partial charge in [0.2, 0.25) is 0 Å². The minimum Gasteiger partial charge on any atom is -0.462 e. The molecule has 0 saturated heterocycles. The van der Waals surface area contributed by atoms with Crippen LogP contribution in [-0.4, -0.2) is 96.7 Å². The van der Waals surface area contributed by atoms with Crippen molar-refractivity contribution in [1.29, 1.82) is 0 Å². The molecule has 0 aliphatic carbocycles. The minimum atomic E-state index is -4.96. The number of phosphoric acid groups is 2. The van der Waals surface area contributed by atoms with Crippen LogP contribution in [0, 0.1) is 11.8 Å². The lowest BCUT2D eigenvalue weighted by molar-refractivity contribution is -0.161. The summed E-state index contributed by atoms with van der Waals surface area (Å²) in [6.07, 6.45) is 63.8. The minimum absolute atomic E-state index is 0.107. The van der Waals surface area contributed by atoms with E-state index in [0.717, 1.165) is 102 Å². The first kappa shape index (κ1) is 99.1. The van der Waals surface area contributed by atoms with Crippen LogP contribution < -0.4 is 0 Å². The van der Waals surface area contributed by atoms with Gasteiger partial charge >= 0.3 is 39.5 Å². The highest BCUT2D eigenvalue weighted by atomic mass is 31.2. The van der Waals surface area contributed by atoms with E-state index in [1.54, 1.807) is 0 Å². The fourth-order valence-corrected chi connectivity index (χ4v) is 14.3. The summed E-state index contributed by atoms with van der Waals surface area (Å²) in [5, 5.41) is 10.7. The number of phosphoric ester groups is 2. The van der Waals surface area contributed by atoms with E-state index in [9.17, 15) is 43.2 Å². The molecule has 0 aromatic rings. The Morgan fingerprint density at radius 3 is 0.673 bits per heavy atom. The molecular weight excluding hydrogens is 1320 g/mol. The molecule has 101 heavy (non-hydrogen) atoms. The van der Waals surface area contributed by atoms with Crippen LogP contribution in [0.4, 0.5) is 0 Å². The van der Waals surface area contributed by atoms with E-state index in [4.69, 9.17) is 37.0 Å². The van der Waals surface area contributed by atoms with Gasteiger partial charge in [-0.3, -0.25) is 37.3 Å². The quantitative estimate of drug-likeness (QED) is 0.0222. The molecule has 600 valence electrons. The molecule has 0 bridgehead atoms. The van der Waals surface area contributed by atoms with E-state index in [0.29, 0.717) is 25.7 Å². The normalized spacial score (nSPS) is 13.9. The van der Waals surface area contributed by atoms with Crippen molar-refractivity contribution in [3.8, 4) is 0 Å². The number of aliphatic hydroxyl groups excluding tert-OH is 1. The van der Waals surface area contributed by atoms with Gasteiger partial charge in [-0.2, -0.15) is 0 Å².